The van der Waals surface area contributed by atoms with Crippen molar-refractivity contribution in [2.45, 2.75) is 56.9 Å². The molecule has 6 heteroatoms. The predicted molar refractivity (Wildman–Crippen MR) is 120 cm³/mol. The number of nitrogens with zero attached hydrogens (tertiary/aromatic N) is 1. The lowest BCUT2D eigenvalue weighted by Gasteiger charge is -2.32. The summed E-state index contributed by atoms with van der Waals surface area (Å²) in [4.78, 5) is 13.2. The minimum absolute atomic E-state index is 0.0841. The Hall–Kier alpha value is -2.18. The lowest BCUT2D eigenvalue weighted by Crippen LogP contribution is -2.45. The second-order valence-electron chi connectivity index (χ2n) is 9.12. The Balaban J connectivity index is 1.65. The van der Waals surface area contributed by atoms with Gasteiger partial charge in [0.1, 0.15) is 0 Å². The summed E-state index contributed by atoms with van der Waals surface area (Å²) in [7, 11) is -3.57. The summed E-state index contributed by atoms with van der Waals surface area (Å²) in [5, 5.41) is 3.08. The lowest BCUT2D eigenvalue weighted by molar-refractivity contribution is -0.126. The Bertz CT molecular complexity index is 964. The third-order valence-electron chi connectivity index (χ3n) is 5.77. The van der Waals surface area contributed by atoms with Crippen LogP contribution in [0.2, 0.25) is 0 Å². The number of hydrogen-bond donors (Lipinski definition) is 1. The number of sulfonamides is 1. The minimum atomic E-state index is -3.57. The van der Waals surface area contributed by atoms with E-state index in [4.69, 9.17) is 0 Å². The van der Waals surface area contributed by atoms with Crippen molar-refractivity contribution in [3.05, 3.63) is 65.7 Å². The summed E-state index contributed by atoms with van der Waals surface area (Å²) in [5.74, 6) is -0.427. The summed E-state index contributed by atoms with van der Waals surface area (Å²) >= 11 is 0. The van der Waals surface area contributed by atoms with Crippen molar-refractivity contribution >= 4 is 15.9 Å². The minimum Gasteiger partial charge on any atom is -0.349 e. The third-order valence-corrected chi connectivity index (χ3v) is 7.65. The van der Waals surface area contributed by atoms with E-state index >= 15 is 0 Å². The van der Waals surface area contributed by atoms with Crippen LogP contribution in [-0.4, -0.2) is 31.7 Å². The fourth-order valence-electron chi connectivity index (χ4n) is 3.80. The highest BCUT2D eigenvalue weighted by molar-refractivity contribution is 7.89. The van der Waals surface area contributed by atoms with Gasteiger partial charge in [-0.15, -0.1) is 0 Å². The van der Waals surface area contributed by atoms with Crippen molar-refractivity contribution < 1.29 is 13.2 Å². The first-order valence-electron chi connectivity index (χ1n) is 10.5. The number of amides is 1. The van der Waals surface area contributed by atoms with Crippen LogP contribution >= 0.6 is 0 Å². The largest absolute Gasteiger partial charge is 0.349 e. The van der Waals surface area contributed by atoms with E-state index in [0.717, 1.165) is 5.56 Å². The smallest absolute Gasteiger partial charge is 0.243 e. The van der Waals surface area contributed by atoms with E-state index in [1.54, 1.807) is 30.3 Å². The van der Waals surface area contributed by atoms with E-state index in [1.807, 2.05) is 6.92 Å². The van der Waals surface area contributed by atoms with Crippen LogP contribution in [0.1, 0.15) is 57.7 Å². The summed E-state index contributed by atoms with van der Waals surface area (Å²) in [6.07, 6.45) is 1.38. The van der Waals surface area contributed by atoms with Crippen LogP contribution in [0.5, 0.6) is 0 Å². The van der Waals surface area contributed by atoms with Crippen LogP contribution < -0.4 is 5.32 Å². The first kappa shape index (κ1) is 22.5. The predicted octanol–water partition coefficient (Wildman–Crippen LogP) is 4.26. The topological polar surface area (TPSA) is 66.5 Å². The van der Waals surface area contributed by atoms with E-state index in [2.05, 4.69) is 50.4 Å². The maximum absolute atomic E-state index is 12.9. The average molecular weight is 429 g/mol. The number of carbonyl (C=O) groups excluding carboxylic acids is 1. The van der Waals surface area contributed by atoms with Gasteiger partial charge < -0.3 is 5.32 Å². The molecule has 2 aromatic carbocycles. The molecule has 0 aliphatic carbocycles. The van der Waals surface area contributed by atoms with Gasteiger partial charge >= 0.3 is 0 Å². The zero-order chi connectivity index (χ0) is 21.9. The molecule has 0 radical (unpaired) electrons. The molecule has 1 N–H and O–H groups in total. The quantitative estimate of drug-likeness (QED) is 0.774. The number of carbonyl (C=O) groups is 1. The zero-order valence-corrected chi connectivity index (χ0v) is 19.1. The molecule has 2 atom stereocenters. The molecule has 1 aliphatic heterocycles. The maximum Gasteiger partial charge on any atom is 0.243 e. The zero-order valence-electron chi connectivity index (χ0n) is 18.3. The maximum atomic E-state index is 12.9. The molecule has 1 heterocycles. The first-order valence-corrected chi connectivity index (χ1v) is 12.0. The van der Waals surface area contributed by atoms with Gasteiger partial charge in [0, 0.05) is 13.1 Å². The van der Waals surface area contributed by atoms with Crippen molar-refractivity contribution in [1.82, 2.24) is 9.62 Å². The SMILES string of the molecule is C[C@H](NC(=O)[C@@H]1CCCN(S(=O)(=O)c2ccccc2)C1)c1ccc(C(C)(C)C)cc1. The van der Waals surface area contributed by atoms with Crippen LogP contribution in [0.15, 0.2) is 59.5 Å². The van der Waals surface area contributed by atoms with E-state index in [0.29, 0.717) is 19.4 Å². The van der Waals surface area contributed by atoms with Crippen LogP contribution in [0.25, 0.3) is 0 Å². The van der Waals surface area contributed by atoms with Gasteiger partial charge in [0.2, 0.25) is 15.9 Å². The van der Waals surface area contributed by atoms with Gasteiger partial charge in [0.05, 0.1) is 16.9 Å². The number of piperidine rings is 1. The first-order chi connectivity index (χ1) is 14.1. The molecule has 0 spiro atoms. The lowest BCUT2D eigenvalue weighted by atomic mass is 9.86. The molecule has 1 fully saturated rings. The molecule has 2 aromatic rings. The Morgan fingerprint density at radius 1 is 1.07 bits per heavy atom. The van der Waals surface area contributed by atoms with Gasteiger partial charge in [-0.05, 0) is 48.4 Å². The Morgan fingerprint density at radius 2 is 1.70 bits per heavy atom. The highest BCUT2D eigenvalue weighted by atomic mass is 32.2. The number of hydrogen-bond acceptors (Lipinski definition) is 3. The summed E-state index contributed by atoms with van der Waals surface area (Å²) < 4.78 is 27.3. The van der Waals surface area contributed by atoms with Gasteiger partial charge in [-0.3, -0.25) is 4.79 Å². The molecule has 0 bridgehead atoms. The third kappa shape index (κ3) is 5.10. The molecule has 30 heavy (non-hydrogen) atoms. The van der Waals surface area contributed by atoms with Crippen LogP contribution in [-0.2, 0) is 20.2 Å². The molecule has 1 saturated heterocycles. The average Bonchev–Trinajstić information content (AvgIpc) is 2.74. The number of benzene rings is 2. The monoisotopic (exact) mass is 428 g/mol. The normalized spacial score (nSPS) is 19.3. The van der Waals surface area contributed by atoms with Crippen molar-refractivity contribution in [3.63, 3.8) is 0 Å². The molecule has 1 amide bonds. The molecule has 3 rings (SSSR count). The van der Waals surface area contributed by atoms with Crippen LogP contribution in [0, 0.1) is 5.92 Å². The van der Waals surface area contributed by atoms with Crippen molar-refractivity contribution in [3.8, 4) is 0 Å². The molecule has 0 unspecified atom stereocenters. The van der Waals surface area contributed by atoms with E-state index in [9.17, 15) is 13.2 Å². The van der Waals surface area contributed by atoms with E-state index in [-0.39, 0.29) is 34.7 Å². The number of rotatable bonds is 5. The fraction of sp³-hybridized carbons (Fsp3) is 0.458. The van der Waals surface area contributed by atoms with E-state index < -0.39 is 10.0 Å². The summed E-state index contributed by atoms with van der Waals surface area (Å²) in [6.45, 7) is 9.15. The molecular weight excluding hydrogens is 396 g/mol. The summed E-state index contributed by atoms with van der Waals surface area (Å²) in [6, 6.07) is 16.6. The van der Waals surface area contributed by atoms with Gasteiger partial charge in [-0.25, -0.2) is 8.42 Å². The van der Waals surface area contributed by atoms with Crippen LogP contribution in [0.4, 0.5) is 0 Å². The van der Waals surface area contributed by atoms with E-state index in [1.165, 1.54) is 9.87 Å². The highest BCUT2D eigenvalue weighted by Crippen LogP contribution is 2.26. The van der Waals surface area contributed by atoms with Gasteiger partial charge in [-0.2, -0.15) is 4.31 Å². The van der Waals surface area contributed by atoms with Gasteiger partial charge in [-0.1, -0.05) is 63.2 Å². The Kier molecular flexibility index (Phi) is 6.68. The molecule has 1 aliphatic rings. The number of nitrogens with one attached hydrogen (secondary N) is 1. The van der Waals surface area contributed by atoms with Crippen LogP contribution in [0.3, 0.4) is 0 Å². The van der Waals surface area contributed by atoms with Gasteiger partial charge in [0.25, 0.3) is 0 Å². The van der Waals surface area contributed by atoms with Crippen molar-refractivity contribution in [2.24, 2.45) is 5.92 Å². The van der Waals surface area contributed by atoms with Crippen molar-refractivity contribution in [2.75, 3.05) is 13.1 Å². The molecule has 5 nitrogen and oxygen atoms in total. The molecular formula is C24H32N2O3S. The summed E-state index contributed by atoms with van der Waals surface area (Å²) in [5.41, 5.74) is 2.38. The molecule has 162 valence electrons. The Morgan fingerprint density at radius 3 is 2.30 bits per heavy atom. The Labute approximate surface area is 180 Å². The van der Waals surface area contributed by atoms with Crippen molar-refractivity contribution in [1.29, 1.82) is 0 Å². The molecule has 0 aromatic heterocycles. The second-order valence-corrected chi connectivity index (χ2v) is 11.1. The highest BCUT2D eigenvalue weighted by Gasteiger charge is 2.33. The fourth-order valence-corrected chi connectivity index (χ4v) is 5.35. The standard InChI is InChI=1S/C24H32N2O3S/c1-18(19-12-14-21(15-13-19)24(2,3)4)25-23(27)20-9-8-16-26(17-20)30(28,29)22-10-6-5-7-11-22/h5-7,10-15,18,20H,8-9,16-17H2,1-4H3,(H,25,27)/t18-,20+/m0/s1. The molecule has 0 saturated carbocycles. The second kappa shape index (κ2) is 8.90. The van der Waals surface area contributed by atoms with Gasteiger partial charge in [0.15, 0.2) is 0 Å².